The number of pyridine rings is 1. The summed E-state index contributed by atoms with van der Waals surface area (Å²) in [5.41, 5.74) is 0. The zero-order valence-corrected chi connectivity index (χ0v) is 6.91. The van der Waals surface area contributed by atoms with Crippen molar-refractivity contribution >= 4 is 0 Å². The van der Waals surface area contributed by atoms with Gasteiger partial charge in [-0.25, -0.2) is 5.84 Å². The predicted molar refractivity (Wildman–Crippen MR) is 29.6 cm³/mol. The van der Waals surface area contributed by atoms with Gasteiger partial charge in [0, 0.05) is 12.1 Å². The summed E-state index contributed by atoms with van der Waals surface area (Å²) < 4.78 is 1.50. The molecule has 0 aliphatic rings. The summed E-state index contributed by atoms with van der Waals surface area (Å²) in [6.45, 7) is 0. The fourth-order valence-corrected chi connectivity index (χ4v) is 0.412. The third kappa shape index (κ3) is 2.11. The molecule has 1 aromatic rings. The standard InChI is InChI=1S/C5H7N2.H2I/c6-7-4-2-1-3-5-7;/h1-5H,6H2;1H2/q2*+1. The molecule has 0 saturated heterocycles. The van der Waals surface area contributed by atoms with E-state index in [1.54, 1.807) is 12.4 Å². The van der Waals surface area contributed by atoms with Gasteiger partial charge in [-0.2, -0.15) is 0 Å². The highest BCUT2D eigenvalue weighted by Gasteiger charge is 1.79. The van der Waals surface area contributed by atoms with E-state index in [4.69, 9.17) is 5.84 Å². The van der Waals surface area contributed by atoms with Crippen molar-refractivity contribution in [1.29, 1.82) is 0 Å². The Bertz CT molecular complexity index is 140. The minimum absolute atomic E-state index is 0. The first kappa shape index (κ1) is 7.68. The largest absolute Gasteiger partial charge is 0.235 e. The molecule has 44 valence electrons. The van der Waals surface area contributed by atoms with Crippen molar-refractivity contribution in [3.8, 4) is 0 Å². The quantitative estimate of drug-likeness (QED) is 0.273. The number of nitrogens with two attached hydrogens (primary N) is 1. The molecule has 0 aliphatic carbocycles. The molecule has 2 N–H and O–H groups in total. The van der Waals surface area contributed by atoms with E-state index in [9.17, 15) is 0 Å². The van der Waals surface area contributed by atoms with Crippen molar-refractivity contribution in [3.63, 3.8) is 0 Å². The molecule has 0 bridgehead atoms. The van der Waals surface area contributed by atoms with Gasteiger partial charge in [0.15, 0.2) is 12.4 Å². The molecule has 1 rings (SSSR count). The molecule has 0 atom stereocenters. The number of aromatic nitrogens is 1. The van der Waals surface area contributed by atoms with Crippen LogP contribution in [0.2, 0.25) is 0 Å². The summed E-state index contributed by atoms with van der Waals surface area (Å²) in [6, 6.07) is 5.67. The maximum atomic E-state index is 5.27. The highest BCUT2D eigenvalue weighted by atomic mass is 127. The molecular weight excluding hydrogens is 215 g/mol. The molecule has 0 aromatic carbocycles. The third-order valence-electron chi connectivity index (χ3n) is 0.739. The summed E-state index contributed by atoms with van der Waals surface area (Å²) in [6.07, 6.45) is 3.56. The van der Waals surface area contributed by atoms with E-state index >= 15 is 0 Å². The van der Waals surface area contributed by atoms with Gasteiger partial charge in [0.2, 0.25) is 24.0 Å². The second kappa shape index (κ2) is 3.65. The smallest absolute Gasteiger partial charge is 0.205 e. The topological polar surface area (TPSA) is 29.9 Å². The van der Waals surface area contributed by atoms with E-state index in [-0.39, 0.29) is 24.0 Å². The van der Waals surface area contributed by atoms with Gasteiger partial charge in [0.25, 0.3) is 0 Å². The summed E-state index contributed by atoms with van der Waals surface area (Å²) in [5, 5.41) is 0. The van der Waals surface area contributed by atoms with Crippen LogP contribution in [0, 0.1) is 0 Å². The van der Waals surface area contributed by atoms with E-state index in [2.05, 4.69) is 0 Å². The molecule has 0 fully saturated rings. The van der Waals surface area contributed by atoms with E-state index in [1.165, 1.54) is 4.68 Å². The molecule has 1 aromatic heterocycles. The summed E-state index contributed by atoms with van der Waals surface area (Å²) in [4.78, 5) is 0. The summed E-state index contributed by atoms with van der Waals surface area (Å²) in [5.74, 6) is 5.27. The maximum Gasteiger partial charge on any atom is 0.235 e. The normalized spacial score (nSPS) is 7.50. The van der Waals surface area contributed by atoms with Crippen molar-refractivity contribution in [2.75, 3.05) is 5.84 Å². The van der Waals surface area contributed by atoms with Gasteiger partial charge in [0.1, 0.15) is 0 Å². The van der Waals surface area contributed by atoms with Gasteiger partial charge in [-0.15, -0.1) is 0 Å². The molecule has 0 spiro atoms. The van der Waals surface area contributed by atoms with Gasteiger partial charge in [-0.1, -0.05) is 10.7 Å². The second-order valence-corrected chi connectivity index (χ2v) is 1.32. The van der Waals surface area contributed by atoms with Crippen LogP contribution in [0.3, 0.4) is 0 Å². The number of halogens is 1. The fourth-order valence-electron chi connectivity index (χ4n) is 0.412. The predicted octanol–water partition coefficient (Wildman–Crippen LogP) is -3.84. The second-order valence-electron chi connectivity index (χ2n) is 1.32. The van der Waals surface area contributed by atoms with Gasteiger partial charge in [-0.3, -0.25) is 0 Å². The van der Waals surface area contributed by atoms with Crippen molar-refractivity contribution in [1.82, 2.24) is 0 Å². The first-order valence-corrected chi connectivity index (χ1v) is 2.11. The SMILES string of the molecule is N[n+]1ccccc1.[IH2+]. The lowest BCUT2D eigenvalue weighted by molar-refractivity contribution is -0.638. The number of nitrogen functional groups attached to an aromatic ring is 1. The summed E-state index contributed by atoms with van der Waals surface area (Å²) in [7, 11) is 0. The molecule has 0 amide bonds. The van der Waals surface area contributed by atoms with E-state index in [1.807, 2.05) is 18.2 Å². The lowest BCUT2D eigenvalue weighted by atomic mass is 10.5. The number of hydrogen-bond donors (Lipinski definition) is 1. The Kier molecular flexibility index (Phi) is 3.51. The number of rotatable bonds is 0. The van der Waals surface area contributed by atoms with Crippen molar-refractivity contribution < 1.29 is 28.7 Å². The van der Waals surface area contributed by atoms with E-state index in [0.717, 1.165) is 0 Å². The number of nitrogens with zero attached hydrogens (tertiary/aromatic N) is 1. The Morgan fingerprint density at radius 1 is 1.00 bits per heavy atom. The molecule has 3 heteroatoms. The zero-order chi connectivity index (χ0) is 5.11. The lowest BCUT2D eigenvalue weighted by Crippen LogP contribution is -3.00. The molecule has 0 radical (unpaired) electrons. The van der Waals surface area contributed by atoms with Crippen LogP contribution < -0.4 is 34.5 Å². The Labute approximate surface area is 65.3 Å². The van der Waals surface area contributed by atoms with Gasteiger partial charge in [-0.05, 0) is 0 Å². The van der Waals surface area contributed by atoms with Crippen LogP contribution in [0.5, 0.6) is 0 Å². The Hall–Kier alpha value is -0.320. The molecule has 0 unspecified atom stereocenters. The third-order valence-corrected chi connectivity index (χ3v) is 0.739. The average Bonchev–Trinajstić information content (AvgIpc) is 1.69. The lowest BCUT2D eigenvalue weighted by Gasteiger charge is -1.76. The molecule has 0 saturated carbocycles. The van der Waals surface area contributed by atoms with E-state index < -0.39 is 0 Å². The average molecular weight is 224 g/mol. The van der Waals surface area contributed by atoms with Gasteiger partial charge < -0.3 is 0 Å². The molecule has 0 aliphatic heterocycles. The van der Waals surface area contributed by atoms with Crippen LogP contribution in [0.1, 0.15) is 0 Å². The summed E-state index contributed by atoms with van der Waals surface area (Å²) >= 11 is 0. The monoisotopic (exact) mass is 224 g/mol. The van der Waals surface area contributed by atoms with E-state index in [0.29, 0.717) is 0 Å². The Morgan fingerprint density at radius 2 is 1.50 bits per heavy atom. The van der Waals surface area contributed by atoms with Crippen molar-refractivity contribution in [2.45, 2.75) is 0 Å². The van der Waals surface area contributed by atoms with Gasteiger partial charge >= 0.3 is 0 Å². The zero-order valence-electron chi connectivity index (χ0n) is 4.36. The van der Waals surface area contributed by atoms with Crippen LogP contribution in [-0.2, 0) is 0 Å². The highest BCUT2D eigenvalue weighted by molar-refractivity contribution is 4.83. The van der Waals surface area contributed by atoms with Crippen LogP contribution in [0.15, 0.2) is 30.6 Å². The number of hydrogen-bond acceptors (Lipinski definition) is 1. The van der Waals surface area contributed by atoms with Crippen LogP contribution in [0.4, 0.5) is 0 Å². The first-order chi connectivity index (χ1) is 3.39. The highest BCUT2D eigenvalue weighted by Crippen LogP contribution is 1.70. The van der Waals surface area contributed by atoms with Crippen LogP contribution in [-0.4, -0.2) is 0 Å². The Balaban J connectivity index is 0.000000490. The minimum Gasteiger partial charge on any atom is -0.205 e. The first-order valence-electron chi connectivity index (χ1n) is 2.11. The fraction of sp³-hybridized carbons (Fsp3) is 0. The van der Waals surface area contributed by atoms with Gasteiger partial charge in [0.05, 0.1) is 0 Å². The minimum atomic E-state index is 0. The molecule has 8 heavy (non-hydrogen) atoms. The van der Waals surface area contributed by atoms with Crippen LogP contribution >= 0.6 is 0 Å². The maximum absolute atomic E-state index is 5.27. The molecule has 2 nitrogen and oxygen atoms in total. The van der Waals surface area contributed by atoms with Crippen LogP contribution in [0.25, 0.3) is 0 Å². The molecule has 1 heterocycles. The molecular formula is C5H9IN2+2. The van der Waals surface area contributed by atoms with Crippen molar-refractivity contribution in [2.24, 2.45) is 0 Å². The van der Waals surface area contributed by atoms with Crippen molar-refractivity contribution in [3.05, 3.63) is 30.6 Å². The Morgan fingerprint density at radius 3 is 1.75 bits per heavy atom.